The van der Waals surface area contributed by atoms with Gasteiger partial charge in [0.25, 0.3) is 5.91 Å². The lowest BCUT2D eigenvalue weighted by atomic mass is 10.00. The second kappa shape index (κ2) is 13.3. The summed E-state index contributed by atoms with van der Waals surface area (Å²) in [6, 6.07) is 10.4. The molecule has 2 atom stereocenters. The number of hydrogen-bond donors (Lipinski definition) is 0. The number of amides is 1. The summed E-state index contributed by atoms with van der Waals surface area (Å²) in [7, 11) is 2.96. The number of ether oxygens (including phenoxy) is 3. The molecule has 0 aromatic heterocycles. The molecule has 2 aromatic carbocycles. The van der Waals surface area contributed by atoms with Crippen LogP contribution in [0.4, 0.5) is 13.2 Å². The Morgan fingerprint density at radius 2 is 1.74 bits per heavy atom. The van der Waals surface area contributed by atoms with Crippen molar-refractivity contribution in [3.8, 4) is 5.75 Å². The van der Waals surface area contributed by atoms with Gasteiger partial charge in [-0.1, -0.05) is 23.7 Å². The third-order valence-electron chi connectivity index (χ3n) is 7.24. The van der Waals surface area contributed by atoms with Crippen LogP contribution < -0.4 is 4.74 Å². The topological polar surface area (TPSA) is 54.5 Å². The van der Waals surface area contributed by atoms with Gasteiger partial charge in [-0.2, -0.15) is 13.2 Å². The summed E-state index contributed by atoms with van der Waals surface area (Å²) in [5.74, 6) is -0.438. The molecule has 214 valence electrons. The normalized spacial score (nSPS) is 21.2. The van der Waals surface area contributed by atoms with Crippen molar-refractivity contribution >= 4 is 17.5 Å². The molecule has 2 aromatic rings. The molecule has 0 bridgehead atoms. The van der Waals surface area contributed by atoms with E-state index in [0.717, 1.165) is 43.9 Å². The largest absolute Gasteiger partial charge is 0.497 e. The molecule has 7 nitrogen and oxygen atoms in total. The summed E-state index contributed by atoms with van der Waals surface area (Å²) in [4.78, 5) is 20.0. The Morgan fingerprint density at radius 1 is 1.03 bits per heavy atom. The van der Waals surface area contributed by atoms with Gasteiger partial charge in [-0.25, -0.2) is 0 Å². The lowest BCUT2D eigenvalue weighted by Gasteiger charge is -2.42. The molecule has 2 aliphatic heterocycles. The zero-order valence-corrected chi connectivity index (χ0v) is 23.0. The van der Waals surface area contributed by atoms with Gasteiger partial charge in [-0.3, -0.25) is 14.6 Å². The minimum Gasteiger partial charge on any atom is -0.497 e. The van der Waals surface area contributed by atoms with Gasteiger partial charge >= 0.3 is 6.18 Å². The lowest BCUT2D eigenvalue weighted by Crippen LogP contribution is -2.57. The first-order chi connectivity index (χ1) is 18.7. The predicted octanol–water partition coefficient (Wildman–Crippen LogP) is 4.08. The van der Waals surface area contributed by atoms with Crippen molar-refractivity contribution in [2.45, 2.75) is 24.7 Å². The van der Waals surface area contributed by atoms with Crippen LogP contribution in [0.2, 0.25) is 5.02 Å². The van der Waals surface area contributed by atoms with Crippen LogP contribution in [0, 0.1) is 0 Å². The van der Waals surface area contributed by atoms with Crippen LogP contribution in [0.1, 0.15) is 21.5 Å². The van der Waals surface area contributed by atoms with E-state index in [1.165, 1.54) is 13.2 Å². The molecule has 0 radical (unpaired) electrons. The van der Waals surface area contributed by atoms with Gasteiger partial charge in [0.15, 0.2) is 0 Å². The summed E-state index contributed by atoms with van der Waals surface area (Å²) in [6.45, 7) is 6.19. The van der Waals surface area contributed by atoms with Crippen molar-refractivity contribution in [2.75, 3.05) is 73.2 Å². The van der Waals surface area contributed by atoms with Gasteiger partial charge in [0, 0.05) is 69.6 Å². The molecule has 0 unspecified atom stereocenters. The Morgan fingerprint density at radius 3 is 2.41 bits per heavy atom. The van der Waals surface area contributed by atoms with Crippen LogP contribution in [-0.4, -0.2) is 106 Å². The molecular formula is C28H35ClF3N3O4. The lowest BCUT2D eigenvalue weighted by molar-refractivity contribution is -0.137. The first-order valence-electron chi connectivity index (χ1n) is 13.0. The fourth-order valence-electron chi connectivity index (χ4n) is 5.18. The highest BCUT2D eigenvalue weighted by Gasteiger charge is 2.35. The molecule has 2 fully saturated rings. The van der Waals surface area contributed by atoms with E-state index < -0.39 is 17.6 Å². The number of morpholine rings is 1. The molecule has 1 amide bonds. The highest BCUT2D eigenvalue weighted by atomic mass is 35.5. The summed E-state index contributed by atoms with van der Waals surface area (Å²) >= 11 is 6.06. The van der Waals surface area contributed by atoms with Gasteiger partial charge in [-0.15, -0.1) is 0 Å². The average Bonchev–Trinajstić information content (AvgIpc) is 2.92. The summed E-state index contributed by atoms with van der Waals surface area (Å²) in [5.41, 5.74) is 0.0605. The number of methoxy groups -OCH3 is 2. The number of piperazine rings is 1. The van der Waals surface area contributed by atoms with E-state index in [-0.39, 0.29) is 23.5 Å². The van der Waals surface area contributed by atoms with Gasteiger partial charge < -0.3 is 19.1 Å². The first kappa shape index (κ1) is 29.6. The van der Waals surface area contributed by atoms with Crippen molar-refractivity contribution in [1.29, 1.82) is 0 Å². The SMILES string of the molecule is COC[C@@H]1CN(CCN2CCN(C(=O)c3cc(OC)cc(C(F)(F)F)c3)[C@H](Cc3ccc(Cl)cc3)C2)CCO1. The van der Waals surface area contributed by atoms with Crippen LogP contribution >= 0.6 is 11.6 Å². The molecule has 0 saturated carbocycles. The molecule has 2 heterocycles. The second-order valence-electron chi connectivity index (χ2n) is 9.98. The highest BCUT2D eigenvalue weighted by molar-refractivity contribution is 6.30. The Hall–Kier alpha value is -2.37. The number of nitrogens with zero attached hydrogens (tertiary/aromatic N) is 3. The van der Waals surface area contributed by atoms with Gasteiger partial charge in [-0.05, 0) is 42.3 Å². The van der Waals surface area contributed by atoms with E-state index in [0.29, 0.717) is 44.3 Å². The molecule has 0 N–H and O–H groups in total. The van der Waals surface area contributed by atoms with E-state index in [1.54, 1.807) is 24.1 Å². The minimum absolute atomic E-state index is 0.00153. The van der Waals surface area contributed by atoms with Crippen molar-refractivity contribution in [1.82, 2.24) is 14.7 Å². The van der Waals surface area contributed by atoms with Crippen LogP contribution in [0.25, 0.3) is 0 Å². The maximum atomic E-state index is 13.6. The fraction of sp³-hybridized carbons (Fsp3) is 0.536. The molecule has 4 rings (SSSR count). The Kier molecular flexibility index (Phi) is 10.1. The van der Waals surface area contributed by atoms with Crippen LogP contribution in [0.5, 0.6) is 5.75 Å². The number of benzene rings is 2. The average molecular weight is 570 g/mol. The van der Waals surface area contributed by atoms with Gasteiger partial charge in [0.1, 0.15) is 5.75 Å². The van der Waals surface area contributed by atoms with E-state index in [4.69, 9.17) is 25.8 Å². The molecule has 0 spiro atoms. The smallest absolute Gasteiger partial charge is 0.416 e. The van der Waals surface area contributed by atoms with Crippen molar-refractivity contribution in [2.24, 2.45) is 0 Å². The second-order valence-corrected chi connectivity index (χ2v) is 10.4. The highest BCUT2D eigenvalue weighted by Crippen LogP contribution is 2.33. The summed E-state index contributed by atoms with van der Waals surface area (Å²) < 4.78 is 56.6. The van der Waals surface area contributed by atoms with E-state index in [1.807, 2.05) is 12.1 Å². The molecule has 39 heavy (non-hydrogen) atoms. The van der Waals surface area contributed by atoms with E-state index >= 15 is 0 Å². The number of carbonyl (C=O) groups is 1. The van der Waals surface area contributed by atoms with Crippen LogP contribution in [0.3, 0.4) is 0 Å². The van der Waals surface area contributed by atoms with Crippen molar-refractivity contribution in [3.63, 3.8) is 0 Å². The number of hydrogen-bond acceptors (Lipinski definition) is 6. The first-order valence-corrected chi connectivity index (χ1v) is 13.4. The quantitative estimate of drug-likeness (QED) is 0.454. The maximum Gasteiger partial charge on any atom is 0.416 e. The summed E-state index contributed by atoms with van der Waals surface area (Å²) in [5, 5.41) is 0.616. The van der Waals surface area contributed by atoms with E-state index in [9.17, 15) is 18.0 Å². The molecule has 2 saturated heterocycles. The monoisotopic (exact) mass is 569 g/mol. The zero-order chi connectivity index (χ0) is 28.0. The molecule has 2 aliphatic rings. The molecule has 0 aliphatic carbocycles. The van der Waals surface area contributed by atoms with Crippen molar-refractivity contribution < 1.29 is 32.2 Å². The molecule has 11 heteroatoms. The van der Waals surface area contributed by atoms with Crippen molar-refractivity contribution in [3.05, 3.63) is 64.2 Å². The van der Waals surface area contributed by atoms with E-state index in [2.05, 4.69) is 9.80 Å². The fourth-order valence-corrected chi connectivity index (χ4v) is 5.31. The third-order valence-corrected chi connectivity index (χ3v) is 7.49. The standard InChI is InChI=1S/C28H35ClF3N3O4/c1-37-19-26-18-34(11-12-39-26)8-7-33-9-10-35(24(17-33)13-20-3-5-23(29)6-4-20)27(36)21-14-22(28(30,31)32)16-25(15-21)38-2/h3-6,14-16,24,26H,7-13,17-19H2,1-2H3/t24-,26+/m1/s1. The van der Waals surface area contributed by atoms with Crippen LogP contribution in [-0.2, 0) is 22.1 Å². The maximum absolute atomic E-state index is 13.6. The van der Waals surface area contributed by atoms with Gasteiger partial charge in [0.2, 0.25) is 0 Å². The van der Waals surface area contributed by atoms with Crippen LogP contribution in [0.15, 0.2) is 42.5 Å². The number of carbonyl (C=O) groups excluding carboxylic acids is 1. The Bertz CT molecular complexity index is 1100. The predicted molar refractivity (Wildman–Crippen MR) is 142 cm³/mol. The Balaban J connectivity index is 1.50. The van der Waals surface area contributed by atoms with Gasteiger partial charge in [0.05, 0.1) is 32.0 Å². The third kappa shape index (κ3) is 8.08. The number of halogens is 4. The number of alkyl halides is 3. The minimum atomic E-state index is -4.59. The summed E-state index contributed by atoms with van der Waals surface area (Å²) in [6.07, 6.45) is -3.98. The number of rotatable bonds is 9. The Labute approximate surface area is 232 Å². The zero-order valence-electron chi connectivity index (χ0n) is 22.3. The molecular weight excluding hydrogens is 535 g/mol.